The van der Waals surface area contributed by atoms with Crippen molar-refractivity contribution in [1.29, 1.82) is 0 Å². The lowest BCUT2D eigenvalue weighted by Crippen LogP contribution is -2.58. The Bertz CT molecular complexity index is 2050. The van der Waals surface area contributed by atoms with Crippen LogP contribution in [0.25, 0.3) is 22.0 Å². The summed E-state index contributed by atoms with van der Waals surface area (Å²) in [4.78, 5) is 53.3. The number of H-pyrrole nitrogens is 1. The highest BCUT2D eigenvalue weighted by atomic mass is 32.1. The molecule has 0 aliphatic heterocycles. The van der Waals surface area contributed by atoms with E-state index >= 15 is 0 Å². The fourth-order valence-electron chi connectivity index (χ4n) is 6.13. The maximum absolute atomic E-state index is 14.9. The van der Waals surface area contributed by atoms with Gasteiger partial charge in [0.25, 0.3) is 11.8 Å². The number of nitrogens with two attached hydrogens (primary N) is 1. The lowest BCUT2D eigenvalue weighted by Gasteiger charge is -2.35. The molecule has 0 aliphatic carbocycles. The molecule has 0 radical (unpaired) electrons. The predicted molar refractivity (Wildman–Crippen MR) is 194 cm³/mol. The number of carbonyl (C=O) groups is 3. The summed E-state index contributed by atoms with van der Waals surface area (Å²) < 4.78 is 0. The highest BCUT2D eigenvalue weighted by Crippen LogP contribution is 2.26. The number of aromatic nitrogens is 1. The number of nitrogens with zero attached hydrogens (tertiary/aromatic N) is 2. The molecule has 0 aliphatic rings. The molecule has 3 amide bonds. The Morgan fingerprint density at radius 1 is 0.816 bits per heavy atom. The second kappa shape index (κ2) is 14.6. The Morgan fingerprint density at radius 3 is 2.18 bits per heavy atom. The summed E-state index contributed by atoms with van der Waals surface area (Å²) in [5.41, 5.74) is 13.1. The largest absolute Gasteiger partial charge is 0.376 e. The van der Waals surface area contributed by atoms with Crippen LogP contribution in [-0.2, 0) is 22.4 Å². The number of likely N-dealkylation sites (N-methyl/N-ethyl adjacent to an activating group) is 1. The van der Waals surface area contributed by atoms with E-state index in [2.05, 4.69) is 16.4 Å². The number of hydrogen-bond donors (Lipinski definition) is 2. The molecule has 0 fully saturated rings. The van der Waals surface area contributed by atoms with Crippen LogP contribution in [0.3, 0.4) is 0 Å². The van der Waals surface area contributed by atoms with Gasteiger partial charge in [-0.15, -0.1) is 0 Å². The third kappa shape index (κ3) is 7.58. The van der Waals surface area contributed by atoms with Crippen molar-refractivity contribution in [3.63, 3.8) is 0 Å². The Balaban J connectivity index is 1.40. The first-order valence-corrected chi connectivity index (χ1v) is 17.0. The average molecular weight is 671 g/mol. The summed E-state index contributed by atoms with van der Waals surface area (Å²) in [6, 6.07) is 29.9. The van der Waals surface area contributed by atoms with Gasteiger partial charge in [-0.05, 0) is 83.3 Å². The lowest BCUT2D eigenvalue weighted by atomic mass is 9.98. The molecular formula is C40H38N4O4S. The number of fused-ring (bicyclic) bond motifs is 1. The highest BCUT2D eigenvalue weighted by Gasteiger charge is 2.39. The van der Waals surface area contributed by atoms with Gasteiger partial charge in [-0.3, -0.25) is 14.4 Å². The van der Waals surface area contributed by atoms with Gasteiger partial charge in [0.05, 0.1) is 0 Å². The molecule has 0 bridgehead atoms. The second-order valence-electron chi connectivity index (χ2n) is 12.3. The Morgan fingerprint density at radius 2 is 1.51 bits per heavy atom. The molecule has 0 unspecified atom stereocenters. The number of rotatable bonds is 12. The van der Waals surface area contributed by atoms with Gasteiger partial charge in [-0.1, -0.05) is 77.9 Å². The molecule has 8 nitrogen and oxygen atoms in total. The van der Waals surface area contributed by atoms with E-state index in [0.717, 1.165) is 49.3 Å². The van der Waals surface area contributed by atoms with Crippen molar-refractivity contribution in [3.05, 3.63) is 148 Å². The van der Waals surface area contributed by atoms with Crippen LogP contribution in [0.1, 0.15) is 32.6 Å². The number of aromatic amines is 1. The number of hydrogen-bond acceptors (Lipinski definition) is 5. The fourth-order valence-corrected chi connectivity index (χ4v) is 6.80. The van der Waals surface area contributed by atoms with Gasteiger partial charge < -0.3 is 20.5 Å². The number of hydroxylamine groups is 2. The second-order valence-corrected chi connectivity index (χ2v) is 13.1. The lowest BCUT2D eigenvalue weighted by molar-refractivity contribution is -0.174. The minimum Gasteiger partial charge on any atom is -0.376 e. The molecule has 0 saturated heterocycles. The average Bonchev–Trinajstić information content (AvgIpc) is 3.79. The monoisotopic (exact) mass is 670 g/mol. The Hall–Kier alpha value is -5.67. The zero-order chi connectivity index (χ0) is 34.5. The van der Waals surface area contributed by atoms with Gasteiger partial charge in [-0.2, -0.15) is 16.4 Å². The SMILES string of the molecule is Cc1cc(C)cc(C(=O)N(C)[C@H](Cc2ccc(-c3ccsc3)cc2)C(=O)N(Oc2ccccc2)[C@@H](Cc2c[nH]c3ccccc23)C(N)=O)c1. The molecule has 6 rings (SSSR count). The third-order valence-corrected chi connectivity index (χ3v) is 9.33. The van der Waals surface area contributed by atoms with Crippen LogP contribution in [-0.4, -0.2) is 51.8 Å². The van der Waals surface area contributed by atoms with Crippen LogP contribution < -0.4 is 10.6 Å². The van der Waals surface area contributed by atoms with Crippen LogP contribution in [0.15, 0.2) is 120 Å². The smallest absolute Gasteiger partial charge is 0.279 e. The van der Waals surface area contributed by atoms with E-state index in [1.54, 1.807) is 42.6 Å². The van der Waals surface area contributed by atoms with Crippen molar-refractivity contribution in [2.24, 2.45) is 5.73 Å². The van der Waals surface area contributed by atoms with Gasteiger partial charge in [0, 0.05) is 42.6 Å². The molecule has 6 aromatic rings. The van der Waals surface area contributed by atoms with Crippen molar-refractivity contribution < 1.29 is 19.2 Å². The van der Waals surface area contributed by atoms with E-state index in [0.29, 0.717) is 11.3 Å². The fraction of sp³-hybridized carbons (Fsp3) is 0.175. The van der Waals surface area contributed by atoms with Crippen molar-refractivity contribution in [1.82, 2.24) is 14.9 Å². The molecule has 2 heterocycles. The zero-order valence-corrected chi connectivity index (χ0v) is 28.4. The van der Waals surface area contributed by atoms with Crippen molar-refractivity contribution in [2.45, 2.75) is 38.8 Å². The third-order valence-electron chi connectivity index (χ3n) is 8.64. The first kappa shape index (κ1) is 33.2. The molecular weight excluding hydrogens is 633 g/mol. The summed E-state index contributed by atoms with van der Waals surface area (Å²) in [6.07, 6.45) is 2.08. The molecule has 2 atom stereocenters. The van der Waals surface area contributed by atoms with Gasteiger partial charge >= 0.3 is 0 Å². The first-order chi connectivity index (χ1) is 23.7. The molecule has 9 heteroatoms. The molecule has 0 spiro atoms. The van der Waals surface area contributed by atoms with E-state index in [4.69, 9.17) is 10.6 Å². The summed E-state index contributed by atoms with van der Waals surface area (Å²) in [7, 11) is 1.61. The van der Waals surface area contributed by atoms with Crippen LogP contribution in [0.5, 0.6) is 5.75 Å². The number of amides is 3. The number of primary amides is 1. The van der Waals surface area contributed by atoms with Crippen LogP contribution in [0, 0.1) is 13.8 Å². The van der Waals surface area contributed by atoms with Crippen LogP contribution in [0.4, 0.5) is 0 Å². The van der Waals surface area contributed by atoms with Crippen molar-refractivity contribution >= 4 is 40.0 Å². The normalized spacial score (nSPS) is 12.3. The van der Waals surface area contributed by atoms with Crippen LogP contribution >= 0.6 is 11.3 Å². The molecule has 0 saturated carbocycles. The molecule has 4 aromatic carbocycles. The minimum atomic E-state index is -1.19. The highest BCUT2D eigenvalue weighted by molar-refractivity contribution is 7.08. The Kier molecular flexibility index (Phi) is 9.92. The molecule has 248 valence electrons. The van der Waals surface area contributed by atoms with Gasteiger partial charge in [0.1, 0.15) is 6.04 Å². The van der Waals surface area contributed by atoms with Crippen molar-refractivity contribution in [2.75, 3.05) is 7.05 Å². The van der Waals surface area contributed by atoms with Gasteiger partial charge in [0.2, 0.25) is 5.91 Å². The van der Waals surface area contributed by atoms with E-state index in [1.807, 2.05) is 98.2 Å². The van der Waals surface area contributed by atoms with E-state index < -0.39 is 23.9 Å². The van der Waals surface area contributed by atoms with Crippen LogP contribution in [0.2, 0.25) is 0 Å². The standard InChI is InChI=1S/C40H38N4O4S/c1-26-19-27(2)21-31(20-26)39(46)43(3)37(22-28-13-15-29(16-14-28)30-17-18-49-25-30)40(47)44(48-33-9-5-4-6-10-33)36(38(41)45)23-32-24-42-35-12-8-7-11-34(32)35/h4-21,24-25,36-37,42H,22-23H2,1-3H3,(H2,41,45)/t36-,37+/m0/s1. The Labute approximate surface area is 289 Å². The number of nitrogens with one attached hydrogen (secondary N) is 1. The number of para-hydroxylation sites is 2. The van der Waals surface area contributed by atoms with Crippen molar-refractivity contribution in [3.8, 4) is 16.9 Å². The number of benzene rings is 4. The summed E-state index contributed by atoms with van der Waals surface area (Å²) in [5, 5.41) is 6.08. The summed E-state index contributed by atoms with van der Waals surface area (Å²) in [5.74, 6) is -1.29. The maximum Gasteiger partial charge on any atom is 0.279 e. The first-order valence-electron chi connectivity index (χ1n) is 16.1. The number of carbonyl (C=O) groups excluding carboxylic acids is 3. The number of thiophene rings is 1. The molecule has 2 aromatic heterocycles. The zero-order valence-electron chi connectivity index (χ0n) is 27.6. The number of aryl methyl sites for hydroxylation is 2. The van der Waals surface area contributed by atoms with E-state index in [9.17, 15) is 14.4 Å². The quantitative estimate of drug-likeness (QED) is 0.135. The predicted octanol–water partition coefficient (Wildman–Crippen LogP) is 7.12. The molecule has 49 heavy (non-hydrogen) atoms. The topological polar surface area (TPSA) is 109 Å². The maximum atomic E-state index is 14.9. The van der Waals surface area contributed by atoms with Gasteiger partial charge in [0.15, 0.2) is 11.8 Å². The van der Waals surface area contributed by atoms with Gasteiger partial charge in [-0.25, -0.2) is 0 Å². The summed E-state index contributed by atoms with van der Waals surface area (Å²) >= 11 is 1.62. The minimum absolute atomic E-state index is 0.0920. The molecule has 3 N–H and O–H groups in total. The van der Waals surface area contributed by atoms with E-state index in [1.165, 1.54) is 4.90 Å². The summed E-state index contributed by atoms with van der Waals surface area (Å²) in [6.45, 7) is 3.86. The van der Waals surface area contributed by atoms with E-state index in [-0.39, 0.29) is 18.7 Å².